The first-order chi connectivity index (χ1) is 14.8. The van der Waals surface area contributed by atoms with Crippen LogP contribution in [-0.4, -0.2) is 41.1 Å². The molecule has 0 unspecified atom stereocenters. The first kappa shape index (κ1) is 18.2. The molecule has 30 heavy (non-hydrogen) atoms. The highest BCUT2D eigenvalue weighted by molar-refractivity contribution is 5.84. The van der Waals surface area contributed by atoms with Crippen molar-refractivity contribution in [2.75, 3.05) is 41.7 Å². The summed E-state index contributed by atoms with van der Waals surface area (Å²) in [5.41, 5.74) is 6.86. The van der Waals surface area contributed by atoms with Crippen LogP contribution in [0.2, 0.25) is 0 Å². The summed E-state index contributed by atoms with van der Waals surface area (Å²) in [6, 6.07) is 20.1. The van der Waals surface area contributed by atoms with Gasteiger partial charge in [-0.25, -0.2) is 9.97 Å². The summed E-state index contributed by atoms with van der Waals surface area (Å²) in [4.78, 5) is 17.6. The van der Waals surface area contributed by atoms with E-state index in [4.69, 9.17) is 10.5 Å². The van der Waals surface area contributed by atoms with Gasteiger partial charge in [0.25, 0.3) is 0 Å². The Morgan fingerprint density at radius 1 is 0.767 bits per heavy atom. The lowest BCUT2D eigenvalue weighted by Gasteiger charge is -2.36. The van der Waals surface area contributed by atoms with Crippen molar-refractivity contribution in [3.63, 3.8) is 0 Å². The number of benzene rings is 2. The van der Waals surface area contributed by atoms with Crippen molar-refractivity contribution in [3.8, 4) is 11.6 Å². The summed E-state index contributed by atoms with van der Waals surface area (Å²) in [5, 5.41) is 2.26. The highest BCUT2D eigenvalue weighted by Gasteiger charge is 2.22. The molecule has 0 aliphatic carbocycles. The summed E-state index contributed by atoms with van der Waals surface area (Å²) in [5.74, 6) is 2.78. The van der Waals surface area contributed by atoms with Crippen molar-refractivity contribution in [3.05, 3.63) is 73.2 Å². The van der Waals surface area contributed by atoms with Crippen molar-refractivity contribution < 1.29 is 4.74 Å². The van der Waals surface area contributed by atoms with E-state index in [-0.39, 0.29) is 0 Å². The molecule has 1 fully saturated rings. The van der Waals surface area contributed by atoms with Crippen LogP contribution >= 0.6 is 0 Å². The number of ether oxygens (including phenoxy) is 1. The molecule has 0 spiro atoms. The Kier molecular flexibility index (Phi) is 4.77. The van der Waals surface area contributed by atoms with Crippen molar-refractivity contribution >= 4 is 28.1 Å². The fraction of sp³-hybridized carbons (Fsp3) is 0.174. The molecule has 4 aromatic rings. The van der Waals surface area contributed by atoms with Crippen LogP contribution in [0.5, 0.6) is 11.6 Å². The molecule has 1 aliphatic rings. The molecule has 2 aromatic carbocycles. The van der Waals surface area contributed by atoms with Gasteiger partial charge in [0.05, 0.1) is 0 Å². The molecule has 0 atom stereocenters. The number of nitrogens with zero attached hydrogens (tertiary/aromatic N) is 5. The number of pyridine rings is 1. The molecule has 1 saturated heterocycles. The highest BCUT2D eigenvalue weighted by Crippen LogP contribution is 2.33. The summed E-state index contributed by atoms with van der Waals surface area (Å²) in [7, 11) is 0. The van der Waals surface area contributed by atoms with Crippen LogP contribution in [-0.2, 0) is 0 Å². The zero-order valence-corrected chi connectivity index (χ0v) is 16.5. The van der Waals surface area contributed by atoms with Crippen LogP contribution in [0.15, 0.2) is 73.2 Å². The molecule has 0 saturated carbocycles. The van der Waals surface area contributed by atoms with Crippen LogP contribution in [0.3, 0.4) is 0 Å². The minimum atomic E-state index is 0.377. The third-order valence-electron chi connectivity index (χ3n) is 5.31. The monoisotopic (exact) mass is 398 g/mol. The molecule has 1 aliphatic heterocycles. The lowest BCUT2D eigenvalue weighted by molar-refractivity contribution is 0.464. The van der Waals surface area contributed by atoms with Gasteiger partial charge in [-0.15, -0.1) is 0 Å². The molecule has 7 heteroatoms. The topological polar surface area (TPSA) is 80.4 Å². The van der Waals surface area contributed by atoms with Crippen molar-refractivity contribution in [2.24, 2.45) is 0 Å². The number of aromatic nitrogens is 3. The smallest absolute Gasteiger partial charge is 0.248 e. The summed E-state index contributed by atoms with van der Waals surface area (Å²) >= 11 is 0. The largest absolute Gasteiger partial charge is 0.437 e. The molecule has 3 heterocycles. The van der Waals surface area contributed by atoms with E-state index < -0.39 is 0 Å². The molecular weight excluding hydrogens is 376 g/mol. The van der Waals surface area contributed by atoms with E-state index >= 15 is 0 Å². The second kappa shape index (κ2) is 7.87. The molecule has 7 nitrogen and oxygen atoms in total. The first-order valence-electron chi connectivity index (χ1n) is 9.96. The van der Waals surface area contributed by atoms with E-state index in [9.17, 15) is 0 Å². The molecular formula is C23H22N6O. The van der Waals surface area contributed by atoms with Gasteiger partial charge in [-0.2, -0.15) is 4.98 Å². The minimum absolute atomic E-state index is 0.377. The zero-order valence-electron chi connectivity index (χ0n) is 16.5. The van der Waals surface area contributed by atoms with E-state index in [1.165, 1.54) is 6.33 Å². The zero-order chi connectivity index (χ0) is 20.3. The molecule has 0 bridgehead atoms. The fourth-order valence-corrected chi connectivity index (χ4v) is 3.73. The Bertz CT molecular complexity index is 1160. The second-order valence-electron chi connectivity index (χ2n) is 7.19. The van der Waals surface area contributed by atoms with Gasteiger partial charge in [0, 0.05) is 32.4 Å². The third kappa shape index (κ3) is 3.57. The van der Waals surface area contributed by atoms with Crippen LogP contribution in [0.1, 0.15) is 0 Å². The van der Waals surface area contributed by atoms with E-state index in [0.717, 1.165) is 42.8 Å². The number of rotatable bonds is 4. The lowest BCUT2D eigenvalue weighted by atomic mass is 10.1. The van der Waals surface area contributed by atoms with Crippen LogP contribution in [0.4, 0.5) is 17.3 Å². The van der Waals surface area contributed by atoms with E-state index in [1.807, 2.05) is 54.7 Å². The van der Waals surface area contributed by atoms with Gasteiger partial charge in [0.15, 0.2) is 5.82 Å². The number of nitrogens with two attached hydrogens (primary N) is 1. The quantitative estimate of drug-likeness (QED) is 0.561. The normalized spacial score (nSPS) is 14.1. The second-order valence-corrected chi connectivity index (χ2v) is 7.19. The van der Waals surface area contributed by atoms with Crippen LogP contribution < -0.4 is 20.3 Å². The number of nitrogen functional groups attached to an aromatic ring is 1. The molecule has 150 valence electrons. The van der Waals surface area contributed by atoms with E-state index in [2.05, 4.69) is 36.9 Å². The molecule has 2 N–H and O–H groups in total. The Labute approximate surface area is 174 Å². The Hall–Kier alpha value is -3.87. The summed E-state index contributed by atoms with van der Waals surface area (Å²) < 4.78 is 6.02. The lowest BCUT2D eigenvalue weighted by Crippen LogP contribution is -2.47. The van der Waals surface area contributed by atoms with Gasteiger partial charge in [-0.05, 0) is 35.0 Å². The number of fused-ring (bicyclic) bond motifs is 1. The summed E-state index contributed by atoms with van der Waals surface area (Å²) in [6.45, 7) is 3.29. The summed E-state index contributed by atoms with van der Waals surface area (Å²) in [6.07, 6.45) is 3.33. The van der Waals surface area contributed by atoms with E-state index in [1.54, 1.807) is 0 Å². The van der Waals surface area contributed by atoms with Crippen LogP contribution in [0, 0.1) is 0 Å². The first-order valence-corrected chi connectivity index (χ1v) is 9.96. The van der Waals surface area contributed by atoms with Gasteiger partial charge in [-0.3, -0.25) is 0 Å². The maximum absolute atomic E-state index is 6.40. The molecule has 5 rings (SSSR count). The number of hydrogen-bond donors (Lipinski definition) is 1. The Morgan fingerprint density at radius 3 is 2.33 bits per heavy atom. The molecule has 0 radical (unpaired) electrons. The average molecular weight is 398 g/mol. The molecule has 0 amide bonds. The predicted molar refractivity (Wildman–Crippen MR) is 119 cm³/mol. The average Bonchev–Trinajstić information content (AvgIpc) is 2.81. The van der Waals surface area contributed by atoms with Gasteiger partial charge in [-0.1, -0.05) is 36.4 Å². The standard InChI is InChI=1S/C23H22N6O/c24-21-22(29-13-11-28(12-14-29)20-7-3-4-10-25-20)26-16-27-23(21)30-19-9-8-17-5-1-2-6-18(17)15-19/h1-10,15-16H,11-14,24H2. The van der Waals surface area contributed by atoms with Crippen molar-refractivity contribution in [2.45, 2.75) is 0 Å². The maximum Gasteiger partial charge on any atom is 0.248 e. The number of piperazine rings is 1. The van der Waals surface area contributed by atoms with Crippen molar-refractivity contribution in [1.29, 1.82) is 0 Å². The van der Waals surface area contributed by atoms with Gasteiger partial charge in [0.2, 0.25) is 5.88 Å². The van der Waals surface area contributed by atoms with Crippen molar-refractivity contribution in [1.82, 2.24) is 15.0 Å². The maximum atomic E-state index is 6.40. The van der Waals surface area contributed by atoms with Crippen LogP contribution in [0.25, 0.3) is 10.8 Å². The molecule has 2 aromatic heterocycles. The number of hydrogen-bond acceptors (Lipinski definition) is 7. The van der Waals surface area contributed by atoms with E-state index in [0.29, 0.717) is 23.1 Å². The van der Waals surface area contributed by atoms with Gasteiger partial charge >= 0.3 is 0 Å². The minimum Gasteiger partial charge on any atom is -0.437 e. The fourth-order valence-electron chi connectivity index (χ4n) is 3.73. The predicted octanol–water partition coefficient (Wildman–Crippen LogP) is 3.73. The van der Waals surface area contributed by atoms with Gasteiger partial charge in [0.1, 0.15) is 23.6 Å². The SMILES string of the molecule is Nc1c(Oc2ccc3ccccc3c2)ncnc1N1CCN(c2ccccn2)CC1. The van der Waals surface area contributed by atoms with Gasteiger partial charge < -0.3 is 20.3 Å². The highest BCUT2D eigenvalue weighted by atomic mass is 16.5. The Morgan fingerprint density at radius 2 is 1.53 bits per heavy atom. The Balaban J connectivity index is 1.33. The number of anilines is 3. The third-order valence-corrected chi connectivity index (χ3v) is 5.31.